The first-order valence-corrected chi connectivity index (χ1v) is 16.0. The van der Waals surface area contributed by atoms with Gasteiger partial charge in [-0.1, -0.05) is 103 Å². The molecule has 0 bridgehead atoms. The molecule has 1 fully saturated rings. The molecule has 9 heteroatoms. The molecule has 1 saturated heterocycles. The van der Waals surface area contributed by atoms with Crippen LogP contribution >= 0.6 is 23.5 Å². The number of ether oxygens (including phenoxy) is 2. The number of methoxy groups -OCH3 is 1. The third-order valence-electron chi connectivity index (χ3n) is 7.38. The zero-order valence-corrected chi connectivity index (χ0v) is 25.6. The number of thioether (sulfide) groups is 2. The van der Waals surface area contributed by atoms with E-state index in [9.17, 15) is 14.4 Å². The quantitative estimate of drug-likeness (QED) is 0.170. The summed E-state index contributed by atoms with van der Waals surface area (Å²) in [5.74, 6) is 0.0551. The van der Waals surface area contributed by atoms with Crippen LogP contribution < -0.4 is 10.1 Å². The number of benzene rings is 4. The van der Waals surface area contributed by atoms with E-state index in [2.05, 4.69) is 5.32 Å². The minimum Gasteiger partial charge on any atom is -0.497 e. The van der Waals surface area contributed by atoms with Gasteiger partial charge < -0.3 is 14.8 Å². The summed E-state index contributed by atoms with van der Waals surface area (Å²) < 4.78 is 11.0. The van der Waals surface area contributed by atoms with Crippen molar-refractivity contribution in [2.45, 2.75) is 29.3 Å². The van der Waals surface area contributed by atoms with Gasteiger partial charge >= 0.3 is 5.97 Å². The number of hydrogen-bond acceptors (Lipinski definition) is 7. The lowest BCUT2D eigenvalue weighted by molar-refractivity contribution is -0.153. The Morgan fingerprint density at radius 2 is 1.57 bits per heavy atom. The van der Waals surface area contributed by atoms with Gasteiger partial charge in [0.2, 0.25) is 5.91 Å². The van der Waals surface area contributed by atoms with E-state index < -0.39 is 17.4 Å². The second-order valence-corrected chi connectivity index (χ2v) is 12.5. The molecule has 0 unspecified atom stereocenters. The van der Waals surface area contributed by atoms with Gasteiger partial charge in [0.05, 0.1) is 13.5 Å². The normalized spacial score (nSPS) is 17.4. The first-order chi connectivity index (χ1) is 21.5. The van der Waals surface area contributed by atoms with Gasteiger partial charge in [0.25, 0.3) is 5.91 Å². The maximum atomic E-state index is 13.7. The fraction of sp³-hybridized carbons (Fsp3) is 0.171. The van der Waals surface area contributed by atoms with Gasteiger partial charge in [-0.2, -0.15) is 0 Å². The van der Waals surface area contributed by atoms with Crippen molar-refractivity contribution in [1.29, 1.82) is 0 Å². The summed E-state index contributed by atoms with van der Waals surface area (Å²) in [6.45, 7) is 0.0436. The van der Waals surface area contributed by atoms with Crippen molar-refractivity contribution in [2.75, 3.05) is 12.9 Å². The minimum atomic E-state index is -0.719. The summed E-state index contributed by atoms with van der Waals surface area (Å²) in [5.41, 5.74) is 3.98. The van der Waals surface area contributed by atoms with Crippen LogP contribution in [-0.4, -0.2) is 47.0 Å². The number of carbonyl (C=O) groups excluding carboxylic acids is 3. The van der Waals surface area contributed by atoms with Crippen LogP contribution in [0.2, 0.25) is 0 Å². The molecule has 0 aliphatic carbocycles. The molecule has 2 atom stereocenters. The molecular weight excluding hydrogens is 593 g/mol. The van der Waals surface area contributed by atoms with Gasteiger partial charge in [-0.3, -0.25) is 14.5 Å². The number of fused-ring (bicyclic) bond motifs is 1. The number of β-lactam (4-membered cyclic amide) rings is 1. The highest BCUT2D eigenvalue weighted by Crippen LogP contribution is 2.47. The van der Waals surface area contributed by atoms with Crippen LogP contribution in [0.5, 0.6) is 5.75 Å². The SMILES string of the molecule is COc1ccc(COC(=O)C2=C(Sc3ccccc3-c3ccccc3)CS[C@H]3[C@H](NC(=O)Cc4ccccc4)C(=O)N23)cc1. The van der Waals surface area contributed by atoms with E-state index in [0.29, 0.717) is 11.5 Å². The molecule has 2 aliphatic rings. The van der Waals surface area contributed by atoms with Crippen molar-refractivity contribution in [3.8, 4) is 16.9 Å². The number of nitrogens with one attached hydrogen (secondary N) is 1. The van der Waals surface area contributed by atoms with E-state index in [1.54, 1.807) is 19.2 Å². The van der Waals surface area contributed by atoms with Gasteiger partial charge in [-0.05, 0) is 40.5 Å². The molecule has 2 heterocycles. The Bertz CT molecular complexity index is 1690. The molecule has 0 spiro atoms. The van der Waals surface area contributed by atoms with E-state index in [1.165, 1.54) is 28.4 Å². The Labute approximate surface area is 264 Å². The highest BCUT2D eigenvalue weighted by atomic mass is 32.2. The average molecular weight is 623 g/mol. The van der Waals surface area contributed by atoms with Gasteiger partial charge in [0.1, 0.15) is 29.5 Å². The lowest BCUT2D eigenvalue weighted by atomic mass is 10.0. The van der Waals surface area contributed by atoms with Crippen molar-refractivity contribution in [3.63, 3.8) is 0 Å². The highest BCUT2D eigenvalue weighted by molar-refractivity contribution is 8.06. The third kappa shape index (κ3) is 6.39. The molecule has 2 aliphatic heterocycles. The Kier molecular flexibility index (Phi) is 9.04. The van der Waals surface area contributed by atoms with Crippen LogP contribution in [0.3, 0.4) is 0 Å². The second kappa shape index (κ2) is 13.4. The second-order valence-electron chi connectivity index (χ2n) is 10.3. The molecule has 2 amide bonds. The summed E-state index contributed by atoms with van der Waals surface area (Å²) in [5, 5.41) is 2.49. The first kappa shape index (κ1) is 29.6. The molecule has 0 radical (unpaired) electrons. The van der Waals surface area contributed by atoms with Crippen LogP contribution in [0.15, 0.2) is 125 Å². The van der Waals surface area contributed by atoms with Crippen molar-refractivity contribution >= 4 is 41.3 Å². The van der Waals surface area contributed by atoms with E-state index in [4.69, 9.17) is 9.47 Å². The predicted molar refractivity (Wildman–Crippen MR) is 173 cm³/mol. The van der Waals surface area contributed by atoms with Crippen molar-refractivity contribution in [2.24, 2.45) is 0 Å². The minimum absolute atomic E-state index is 0.0436. The van der Waals surface area contributed by atoms with Crippen LogP contribution in [0.25, 0.3) is 11.1 Å². The zero-order chi connectivity index (χ0) is 30.5. The topological polar surface area (TPSA) is 84.9 Å². The Balaban J connectivity index is 1.26. The van der Waals surface area contributed by atoms with Gasteiger partial charge in [-0.15, -0.1) is 11.8 Å². The van der Waals surface area contributed by atoms with Crippen LogP contribution in [0.1, 0.15) is 11.1 Å². The monoisotopic (exact) mass is 622 g/mol. The zero-order valence-electron chi connectivity index (χ0n) is 24.0. The van der Waals surface area contributed by atoms with Crippen molar-refractivity contribution in [1.82, 2.24) is 10.2 Å². The molecule has 0 saturated carbocycles. The molecule has 1 N–H and O–H groups in total. The molecule has 4 aromatic rings. The first-order valence-electron chi connectivity index (χ1n) is 14.2. The molecule has 7 nitrogen and oxygen atoms in total. The Hall–Kier alpha value is -4.47. The number of hydrogen-bond donors (Lipinski definition) is 1. The Morgan fingerprint density at radius 1 is 0.886 bits per heavy atom. The van der Waals surface area contributed by atoms with Gasteiger partial charge in [0.15, 0.2) is 0 Å². The number of esters is 1. The number of carbonyl (C=O) groups is 3. The molecule has 6 rings (SSSR count). The molecule has 222 valence electrons. The van der Waals surface area contributed by atoms with E-state index in [0.717, 1.165) is 32.1 Å². The van der Waals surface area contributed by atoms with E-state index >= 15 is 0 Å². The van der Waals surface area contributed by atoms with Gasteiger partial charge in [0, 0.05) is 15.6 Å². The fourth-order valence-electron chi connectivity index (χ4n) is 5.15. The summed E-state index contributed by atoms with van der Waals surface area (Å²) in [4.78, 5) is 43.3. The number of nitrogens with zero attached hydrogens (tertiary/aromatic N) is 1. The van der Waals surface area contributed by atoms with E-state index in [1.807, 2.05) is 97.1 Å². The fourth-order valence-corrected chi connectivity index (χ4v) is 7.77. The average Bonchev–Trinajstić information content (AvgIpc) is 3.07. The smallest absolute Gasteiger partial charge is 0.356 e. The summed E-state index contributed by atoms with van der Waals surface area (Å²) in [7, 11) is 1.59. The maximum Gasteiger partial charge on any atom is 0.356 e. The largest absolute Gasteiger partial charge is 0.497 e. The molecular formula is C35H30N2O5S2. The van der Waals surface area contributed by atoms with Crippen molar-refractivity contribution in [3.05, 3.63) is 131 Å². The van der Waals surface area contributed by atoms with Crippen molar-refractivity contribution < 1.29 is 23.9 Å². The van der Waals surface area contributed by atoms with Gasteiger partial charge in [-0.25, -0.2) is 4.79 Å². The van der Waals surface area contributed by atoms with Crippen LogP contribution in [-0.2, 0) is 32.1 Å². The number of rotatable bonds is 10. The number of amides is 2. The molecule has 0 aromatic heterocycles. The molecule has 44 heavy (non-hydrogen) atoms. The van der Waals surface area contributed by atoms with Crippen LogP contribution in [0.4, 0.5) is 0 Å². The lowest BCUT2D eigenvalue weighted by Gasteiger charge is -2.49. The lowest BCUT2D eigenvalue weighted by Crippen LogP contribution is -2.70. The van der Waals surface area contributed by atoms with E-state index in [-0.39, 0.29) is 30.5 Å². The summed E-state index contributed by atoms with van der Waals surface area (Å²) in [6.07, 6.45) is 0.173. The summed E-state index contributed by atoms with van der Waals surface area (Å²) >= 11 is 3.00. The Morgan fingerprint density at radius 3 is 2.30 bits per heavy atom. The highest BCUT2D eigenvalue weighted by Gasteiger charge is 2.54. The predicted octanol–water partition coefficient (Wildman–Crippen LogP) is 6.05. The maximum absolute atomic E-state index is 13.7. The standard InChI is InChI=1S/C35H30N2O5S2/c1-41-26-18-16-24(17-19-26)21-42-35(40)32-29(44-28-15-9-8-14-27(28)25-12-6-3-7-13-25)22-43-34-31(33(39)37(32)34)36-30(38)20-23-10-4-2-5-11-23/h2-19,31,34H,20-22H2,1H3,(H,36,38)/t31-,34+/m1/s1. The molecule has 4 aromatic carbocycles. The summed E-state index contributed by atoms with van der Waals surface area (Å²) in [6, 6.07) is 34.0. The third-order valence-corrected chi connectivity index (χ3v) is 10.0. The van der Waals surface area contributed by atoms with Crippen LogP contribution in [0, 0.1) is 0 Å².